The van der Waals surface area contributed by atoms with Crippen LogP contribution >= 0.6 is 0 Å². The molecule has 1 unspecified atom stereocenters. The lowest BCUT2D eigenvalue weighted by atomic mass is 9.99. The number of ether oxygens (including phenoxy) is 1. The van der Waals surface area contributed by atoms with Gasteiger partial charge >= 0.3 is 5.97 Å². The predicted octanol–water partition coefficient (Wildman–Crippen LogP) is 2.25. The van der Waals surface area contributed by atoms with Crippen LogP contribution in [0, 0.1) is 0 Å². The second-order valence-corrected chi connectivity index (χ2v) is 5.60. The smallest absolute Gasteiger partial charge is 0.307 e. The predicted molar refractivity (Wildman–Crippen MR) is 79.9 cm³/mol. The molecule has 1 saturated heterocycles. The van der Waals surface area contributed by atoms with Gasteiger partial charge in [0, 0.05) is 25.0 Å². The van der Waals surface area contributed by atoms with E-state index in [1.165, 1.54) is 20.0 Å². The Labute approximate surface area is 124 Å². The number of imidazole rings is 1. The Balaban J connectivity index is 1.72. The number of methoxy groups -OCH3 is 1. The maximum absolute atomic E-state index is 11.6. The largest absolute Gasteiger partial charge is 0.469 e. The van der Waals surface area contributed by atoms with Crippen LogP contribution in [0.4, 0.5) is 0 Å². The molecule has 1 aliphatic heterocycles. The van der Waals surface area contributed by atoms with Gasteiger partial charge in [0.05, 0.1) is 19.2 Å². The average Bonchev–Trinajstić information content (AvgIpc) is 2.91. The van der Waals surface area contributed by atoms with Crippen molar-refractivity contribution in [3.8, 4) is 0 Å². The molecule has 1 atom stereocenters. The minimum Gasteiger partial charge on any atom is -0.469 e. The van der Waals surface area contributed by atoms with E-state index < -0.39 is 0 Å². The minimum atomic E-state index is -0.123. The van der Waals surface area contributed by atoms with Gasteiger partial charge in [0.15, 0.2) is 0 Å². The summed E-state index contributed by atoms with van der Waals surface area (Å²) in [5.74, 6) is -0.123. The SMILES string of the molecule is COC(=O)CC1CCCCN1Cc1cn2ccccc2n1. The number of rotatable bonds is 4. The number of piperidine rings is 1. The minimum absolute atomic E-state index is 0.123. The van der Waals surface area contributed by atoms with Crippen LogP contribution in [0.5, 0.6) is 0 Å². The summed E-state index contributed by atoms with van der Waals surface area (Å²) in [6.07, 6.45) is 7.98. The normalized spacial score (nSPS) is 19.8. The van der Waals surface area contributed by atoms with E-state index in [1.807, 2.05) is 28.8 Å². The highest BCUT2D eigenvalue weighted by Crippen LogP contribution is 2.22. The standard InChI is InChI=1S/C16H21N3O2/c1-21-16(20)10-14-6-2-4-8-18(14)11-13-12-19-9-5-3-7-15(19)17-13/h3,5,7,9,12,14H,2,4,6,8,10-11H2,1H3. The molecule has 0 aliphatic carbocycles. The molecule has 112 valence electrons. The van der Waals surface area contributed by atoms with E-state index in [0.29, 0.717) is 6.42 Å². The van der Waals surface area contributed by atoms with Crippen LogP contribution in [0.2, 0.25) is 0 Å². The molecule has 0 saturated carbocycles. The van der Waals surface area contributed by atoms with Gasteiger partial charge in [-0.05, 0) is 31.5 Å². The average molecular weight is 287 g/mol. The summed E-state index contributed by atoms with van der Waals surface area (Å²) in [7, 11) is 1.46. The monoisotopic (exact) mass is 287 g/mol. The molecule has 1 fully saturated rings. The number of aromatic nitrogens is 2. The molecule has 0 radical (unpaired) electrons. The molecule has 0 N–H and O–H groups in total. The van der Waals surface area contributed by atoms with Crippen molar-refractivity contribution < 1.29 is 9.53 Å². The Hall–Kier alpha value is -1.88. The first kappa shape index (κ1) is 14.1. The number of carbonyl (C=O) groups excluding carboxylic acids is 1. The molecule has 3 heterocycles. The topological polar surface area (TPSA) is 46.8 Å². The summed E-state index contributed by atoms with van der Waals surface area (Å²) in [5, 5.41) is 0. The fraction of sp³-hybridized carbons (Fsp3) is 0.500. The lowest BCUT2D eigenvalue weighted by molar-refractivity contribution is -0.142. The fourth-order valence-corrected chi connectivity index (χ4v) is 3.05. The van der Waals surface area contributed by atoms with Crippen molar-refractivity contribution in [1.29, 1.82) is 0 Å². The van der Waals surface area contributed by atoms with Crippen molar-refractivity contribution in [3.05, 3.63) is 36.3 Å². The molecule has 1 aliphatic rings. The number of pyridine rings is 1. The van der Waals surface area contributed by atoms with Gasteiger partial charge in [-0.25, -0.2) is 4.98 Å². The third kappa shape index (κ3) is 3.24. The van der Waals surface area contributed by atoms with Crippen molar-refractivity contribution in [2.24, 2.45) is 0 Å². The van der Waals surface area contributed by atoms with E-state index in [1.54, 1.807) is 0 Å². The van der Waals surface area contributed by atoms with E-state index in [-0.39, 0.29) is 12.0 Å². The molecular formula is C16H21N3O2. The van der Waals surface area contributed by atoms with Crippen molar-refractivity contribution in [2.75, 3.05) is 13.7 Å². The van der Waals surface area contributed by atoms with E-state index in [2.05, 4.69) is 16.1 Å². The first-order chi connectivity index (χ1) is 10.3. The zero-order valence-corrected chi connectivity index (χ0v) is 12.4. The summed E-state index contributed by atoms with van der Waals surface area (Å²) >= 11 is 0. The second kappa shape index (κ2) is 6.26. The highest BCUT2D eigenvalue weighted by molar-refractivity contribution is 5.69. The second-order valence-electron chi connectivity index (χ2n) is 5.60. The van der Waals surface area contributed by atoms with Gasteiger partial charge in [-0.15, -0.1) is 0 Å². The Bertz CT molecular complexity index is 590. The van der Waals surface area contributed by atoms with Crippen LogP contribution in [-0.4, -0.2) is 40.0 Å². The van der Waals surface area contributed by atoms with Gasteiger partial charge in [0.1, 0.15) is 5.65 Å². The number of hydrogen-bond acceptors (Lipinski definition) is 4. The quantitative estimate of drug-likeness (QED) is 0.809. The van der Waals surface area contributed by atoms with Gasteiger partial charge in [-0.1, -0.05) is 12.5 Å². The zero-order valence-electron chi connectivity index (χ0n) is 12.4. The molecule has 21 heavy (non-hydrogen) atoms. The molecular weight excluding hydrogens is 266 g/mol. The van der Waals surface area contributed by atoms with Gasteiger partial charge in [0.2, 0.25) is 0 Å². The van der Waals surface area contributed by atoms with Crippen LogP contribution in [0.1, 0.15) is 31.4 Å². The van der Waals surface area contributed by atoms with E-state index in [0.717, 1.165) is 30.9 Å². The highest BCUT2D eigenvalue weighted by Gasteiger charge is 2.25. The first-order valence-corrected chi connectivity index (χ1v) is 7.50. The van der Waals surface area contributed by atoms with Gasteiger partial charge < -0.3 is 9.14 Å². The van der Waals surface area contributed by atoms with Crippen LogP contribution in [0.25, 0.3) is 5.65 Å². The molecule has 2 aromatic rings. The Morgan fingerprint density at radius 1 is 1.43 bits per heavy atom. The molecule has 0 aromatic carbocycles. The number of esters is 1. The van der Waals surface area contributed by atoms with E-state index in [9.17, 15) is 4.79 Å². The lowest BCUT2D eigenvalue weighted by Gasteiger charge is -2.34. The molecule has 0 amide bonds. The van der Waals surface area contributed by atoms with E-state index in [4.69, 9.17) is 4.74 Å². The Kier molecular flexibility index (Phi) is 4.20. The zero-order chi connectivity index (χ0) is 14.7. The number of hydrogen-bond donors (Lipinski definition) is 0. The molecule has 2 aromatic heterocycles. The van der Waals surface area contributed by atoms with Crippen molar-refractivity contribution in [3.63, 3.8) is 0 Å². The molecule has 5 nitrogen and oxygen atoms in total. The van der Waals surface area contributed by atoms with Crippen LogP contribution in [0.3, 0.4) is 0 Å². The number of fused-ring (bicyclic) bond motifs is 1. The molecule has 0 spiro atoms. The molecule has 0 bridgehead atoms. The summed E-state index contributed by atoms with van der Waals surface area (Å²) in [6.45, 7) is 1.82. The van der Waals surface area contributed by atoms with Crippen molar-refractivity contribution in [1.82, 2.24) is 14.3 Å². The molecule has 3 rings (SSSR count). The maximum Gasteiger partial charge on any atom is 0.307 e. The number of carbonyl (C=O) groups is 1. The summed E-state index contributed by atoms with van der Waals surface area (Å²) < 4.78 is 6.85. The Morgan fingerprint density at radius 3 is 3.14 bits per heavy atom. The van der Waals surface area contributed by atoms with Crippen LogP contribution < -0.4 is 0 Å². The first-order valence-electron chi connectivity index (χ1n) is 7.50. The van der Waals surface area contributed by atoms with Gasteiger partial charge in [-0.2, -0.15) is 0 Å². The summed E-state index contributed by atoms with van der Waals surface area (Å²) in [6, 6.07) is 6.27. The third-order valence-electron chi connectivity index (χ3n) is 4.16. The lowest BCUT2D eigenvalue weighted by Crippen LogP contribution is -2.40. The summed E-state index contributed by atoms with van der Waals surface area (Å²) in [5.41, 5.74) is 2.02. The van der Waals surface area contributed by atoms with Gasteiger partial charge in [-0.3, -0.25) is 9.69 Å². The number of nitrogens with zero attached hydrogens (tertiary/aromatic N) is 3. The summed E-state index contributed by atoms with van der Waals surface area (Å²) in [4.78, 5) is 18.6. The third-order valence-corrected chi connectivity index (χ3v) is 4.16. The highest BCUT2D eigenvalue weighted by atomic mass is 16.5. The maximum atomic E-state index is 11.6. The Morgan fingerprint density at radius 2 is 2.33 bits per heavy atom. The van der Waals surface area contributed by atoms with E-state index >= 15 is 0 Å². The van der Waals surface area contributed by atoms with Crippen molar-refractivity contribution in [2.45, 2.75) is 38.3 Å². The fourth-order valence-electron chi connectivity index (χ4n) is 3.05. The van der Waals surface area contributed by atoms with Crippen LogP contribution in [-0.2, 0) is 16.1 Å². The van der Waals surface area contributed by atoms with Crippen LogP contribution in [0.15, 0.2) is 30.6 Å². The van der Waals surface area contributed by atoms with Crippen molar-refractivity contribution >= 4 is 11.6 Å². The molecule has 5 heteroatoms. The number of likely N-dealkylation sites (tertiary alicyclic amines) is 1. The van der Waals surface area contributed by atoms with Gasteiger partial charge in [0.25, 0.3) is 0 Å².